The molecule has 1 fully saturated rings. The summed E-state index contributed by atoms with van der Waals surface area (Å²) in [6.07, 6.45) is 4.66. The summed E-state index contributed by atoms with van der Waals surface area (Å²) in [4.78, 5) is 0. The number of halogens is 1. The second-order valence-corrected chi connectivity index (χ2v) is 5.95. The second-order valence-electron chi connectivity index (χ2n) is 5.95. The van der Waals surface area contributed by atoms with Crippen LogP contribution in [0.2, 0.25) is 0 Å². The number of nitrogens with one attached hydrogen (secondary N) is 1. The van der Waals surface area contributed by atoms with Crippen LogP contribution in [-0.2, 0) is 0 Å². The molecule has 2 nitrogen and oxygen atoms in total. The Balaban J connectivity index is 2.09. The van der Waals surface area contributed by atoms with Crippen LogP contribution in [0.25, 0.3) is 0 Å². The van der Waals surface area contributed by atoms with Gasteiger partial charge in [0.05, 0.1) is 12.8 Å². The summed E-state index contributed by atoms with van der Waals surface area (Å²) in [7, 11) is 1.60. The van der Waals surface area contributed by atoms with Gasteiger partial charge in [-0.15, -0.1) is 0 Å². The highest BCUT2D eigenvalue weighted by Crippen LogP contribution is 2.36. The van der Waals surface area contributed by atoms with Gasteiger partial charge in [0.2, 0.25) is 0 Å². The van der Waals surface area contributed by atoms with E-state index in [0.717, 1.165) is 12.8 Å². The fourth-order valence-electron chi connectivity index (χ4n) is 2.78. The SMILES string of the molecule is COc1ccc(F)c(NC2CCCC(C)(C)C2)c1. The van der Waals surface area contributed by atoms with E-state index in [0.29, 0.717) is 22.9 Å². The van der Waals surface area contributed by atoms with Crippen molar-refractivity contribution in [3.05, 3.63) is 24.0 Å². The average molecular weight is 251 g/mol. The molecule has 1 atom stereocenters. The molecule has 0 radical (unpaired) electrons. The Morgan fingerprint density at radius 1 is 1.39 bits per heavy atom. The van der Waals surface area contributed by atoms with Crippen molar-refractivity contribution in [2.24, 2.45) is 5.41 Å². The van der Waals surface area contributed by atoms with Gasteiger partial charge in [-0.3, -0.25) is 0 Å². The zero-order chi connectivity index (χ0) is 13.2. The van der Waals surface area contributed by atoms with Crippen molar-refractivity contribution in [1.29, 1.82) is 0 Å². The van der Waals surface area contributed by atoms with Gasteiger partial charge in [-0.25, -0.2) is 4.39 Å². The van der Waals surface area contributed by atoms with E-state index in [9.17, 15) is 4.39 Å². The molecule has 1 aromatic rings. The van der Waals surface area contributed by atoms with E-state index in [-0.39, 0.29) is 5.82 Å². The molecular weight excluding hydrogens is 229 g/mol. The van der Waals surface area contributed by atoms with Gasteiger partial charge >= 0.3 is 0 Å². The van der Waals surface area contributed by atoms with Crippen molar-refractivity contribution in [2.45, 2.75) is 45.6 Å². The molecule has 0 heterocycles. The first kappa shape index (κ1) is 13.2. The quantitative estimate of drug-likeness (QED) is 0.868. The largest absolute Gasteiger partial charge is 0.497 e. The number of anilines is 1. The molecule has 0 amide bonds. The minimum absolute atomic E-state index is 0.209. The van der Waals surface area contributed by atoms with E-state index in [2.05, 4.69) is 19.2 Å². The standard InChI is InChI=1S/C15H22FNO/c1-15(2)8-4-5-11(10-15)17-14-9-12(18-3)6-7-13(14)16/h6-7,9,11,17H,4-5,8,10H2,1-3H3. The van der Waals surface area contributed by atoms with E-state index >= 15 is 0 Å². The van der Waals surface area contributed by atoms with Crippen LogP contribution < -0.4 is 10.1 Å². The van der Waals surface area contributed by atoms with Crippen molar-refractivity contribution >= 4 is 5.69 Å². The van der Waals surface area contributed by atoms with Crippen molar-refractivity contribution in [1.82, 2.24) is 0 Å². The topological polar surface area (TPSA) is 21.3 Å². The molecule has 1 aliphatic carbocycles. The van der Waals surface area contributed by atoms with E-state index in [1.807, 2.05) is 0 Å². The Hall–Kier alpha value is -1.25. The summed E-state index contributed by atoms with van der Waals surface area (Å²) in [5, 5.41) is 3.32. The highest BCUT2D eigenvalue weighted by Gasteiger charge is 2.28. The van der Waals surface area contributed by atoms with Crippen LogP contribution in [0.4, 0.5) is 10.1 Å². The van der Waals surface area contributed by atoms with Gasteiger partial charge in [-0.05, 0) is 36.8 Å². The summed E-state index contributed by atoms with van der Waals surface area (Å²) in [6.45, 7) is 4.56. The molecule has 1 N–H and O–H groups in total. The third-order valence-corrected chi connectivity index (χ3v) is 3.74. The van der Waals surface area contributed by atoms with Crippen molar-refractivity contribution < 1.29 is 9.13 Å². The van der Waals surface area contributed by atoms with Crippen LogP contribution in [-0.4, -0.2) is 13.2 Å². The molecule has 0 aliphatic heterocycles. The van der Waals surface area contributed by atoms with E-state index in [4.69, 9.17) is 4.74 Å². The molecule has 0 aromatic heterocycles. The fraction of sp³-hybridized carbons (Fsp3) is 0.600. The maximum absolute atomic E-state index is 13.7. The summed E-state index contributed by atoms with van der Waals surface area (Å²) < 4.78 is 18.9. The van der Waals surface area contributed by atoms with Crippen LogP contribution >= 0.6 is 0 Å². The van der Waals surface area contributed by atoms with Crippen LogP contribution in [0.5, 0.6) is 5.75 Å². The maximum Gasteiger partial charge on any atom is 0.146 e. The van der Waals surface area contributed by atoms with Crippen molar-refractivity contribution in [3.63, 3.8) is 0 Å². The normalized spacial score (nSPS) is 22.6. The number of ether oxygens (including phenoxy) is 1. The molecule has 0 bridgehead atoms. The van der Waals surface area contributed by atoms with Gasteiger partial charge in [0.15, 0.2) is 0 Å². The molecule has 0 saturated heterocycles. The Bertz CT molecular complexity index is 417. The van der Waals surface area contributed by atoms with Gasteiger partial charge < -0.3 is 10.1 Å². The highest BCUT2D eigenvalue weighted by molar-refractivity contribution is 5.50. The third kappa shape index (κ3) is 3.15. The summed E-state index contributed by atoms with van der Waals surface area (Å²) in [5.41, 5.74) is 0.905. The lowest BCUT2D eigenvalue weighted by Gasteiger charge is -2.36. The lowest BCUT2D eigenvalue weighted by atomic mass is 9.75. The molecular formula is C15H22FNO. The molecule has 100 valence electrons. The molecule has 1 saturated carbocycles. The molecule has 0 spiro atoms. The van der Waals surface area contributed by atoms with Crippen LogP contribution in [0.15, 0.2) is 18.2 Å². The number of benzene rings is 1. The third-order valence-electron chi connectivity index (χ3n) is 3.74. The Kier molecular flexibility index (Phi) is 3.79. The Morgan fingerprint density at radius 2 is 2.17 bits per heavy atom. The van der Waals surface area contributed by atoms with Crippen LogP contribution in [0, 0.1) is 11.2 Å². The molecule has 18 heavy (non-hydrogen) atoms. The lowest BCUT2D eigenvalue weighted by Crippen LogP contribution is -2.32. The van der Waals surface area contributed by atoms with Crippen molar-refractivity contribution in [2.75, 3.05) is 12.4 Å². The zero-order valence-electron chi connectivity index (χ0n) is 11.4. The van der Waals surface area contributed by atoms with E-state index in [1.54, 1.807) is 19.2 Å². The molecule has 1 aliphatic rings. The summed E-state index contributed by atoms with van der Waals surface area (Å²) >= 11 is 0. The van der Waals surface area contributed by atoms with Gasteiger partial charge in [-0.1, -0.05) is 20.3 Å². The first-order chi connectivity index (χ1) is 8.50. The number of hydrogen-bond acceptors (Lipinski definition) is 2. The molecule has 2 rings (SSSR count). The smallest absolute Gasteiger partial charge is 0.146 e. The fourth-order valence-corrected chi connectivity index (χ4v) is 2.78. The number of hydrogen-bond donors (Lipinski definition) is 1. The van der Waals surface area contributed by atoms with Gasteiger partial charge in [0, 0.05) is 12.1 Å². The second kappa shape index (κ2) is 5.17. The molecule has 3 heteroatoms. The predicted octanol–water partition coefficient (Wildman–Crippen LogP) is 4.22. The summed E-state index contributed by atoms with van der Waals surface area (Å²) in [6, 6.07) is 5.19. The van der Waals surface area contributed by atoms with Crippen molar-refractivity contribution in [3.8, 4) is 5.75 Å². The number of rotatable bonds is 3. The zero-order valence-corrected chi connectivity index (χ0v) is 11.4. The first-order valence-corrected chi connectivity index (χ1v) is 6.60. The Labute approximate surface area is 109 Å². The predicted molar refractivity (Wildman–Crippen MR) is 72.6 cm³/mol. The van der Waals surface area contributed by atoms with E-state index in [1.165, 1.54) is 18.9 Å². The van der Waals surface area contributed by atoms with Gasteiger partial charge in [0.25, 0.3) is 0 Å². The van der Waals surface area contributed by atoms with E-state index < -0.39 is 0 Å². The van der Waals surface area contributed by atoms with Gasteiger partial charge in [-0.2, -0.15) is 0 Å². The number of methoxy groups -OCH3 is 1. The van der Waals surface area contributed by atoms with Crippen LogP contribution in [0.1, 0.15) is 39.5 Å². The monoisotopic (exact) mass is 251 g/mol. The Morgan fingerprint density at radius 3 is 2.83 bits per heavy atom. The lowest BCUT2D eigenvalue weighted by molar-refractivity contribution is 0.229. The molecule has 1 aromatic carbocycles. The minimum atomic E-state index is -0.209. The highest BCUT2D eigenvalue weighted by atomic mass is 19.1. The minimum Gasteiger partial charge on any atom is -0.497 e. The summed E-state index contributed by atoms with van der Waals surface area (Å²) in [5.74, 6) is 0.480. The molecule has 1 unspecified atom stereocenters. The first-order valence-electron chi connectivity index (χ1n) is 6.60. The average Bonchev–Trinajstić information content (AvgIpc) is 2.31. The van der Waals surface area contributed by atoms with Gasteiger partial charge in [0.1, 0.15) is 11.6 Å². The van der Waals surface area contributed by atoms with Crippen LogP contribution in [0.3, 0.4) is 0 Å². The maximum atomic E-state index is 13.7.